The molecule has 0 saturated carbocycles. The molecule has 3 N–H and O–H groups in total. The van der Waals surface area contributed by atoms with Gasteiger partial charge in [-0.2, -0.15) is 5.84 Å². The summed E-state index contributed by atoms with van der Waals surface area (Å²) in [6, 6.07) is -0.551. The third kappa shape index (κ3) is 2.43. The summed E-state index contributed by atoms with van der Waals surface area (Å²) in [5.74, 6) is 4.56. The molecule has 1 unspecified atom stereocenters. The number of carboxylic acid groups (broad SMARTS) is 1. The summed E-state index contributed by atoms with van der Waals surface area (Å²) in [5, 5.41) is 8.42. The Balaban J connectivity index is 4.04. The van der Waals surface area contributed by atoms with Crippen molar-refractivity contribution in [2.24, 2.45) is 5.84 Å². The van der Waals surface area contributed by atoms with Gasteiger partial charge in [0.05, 0.1) is 14.1 Å². The van der Waals surface area contributed by atoms with Gasteiger partial charge in [0.1, 0.15) is 0 Å². The standard InChI is InChI=1S/C5H12N2O2/c1-4(5(8)9)7(2,3)6/h4H,6H2,1-3H3/p+1. The highest BCUT2D eigenvalue weighted by Gasteiger charge is 2.26. The summed E-state index contributed by atoms with van der Waals surface area (Å²) in [5.41, 5.74) is 0. The first-order valence-electron chi connectivity index (χ1n) is 2.70. The van der Waals surface area contributed by atoms with Gasteiger partial charge in [0.25, 0.3) is 0 Å². The van der Waals surface area contributed by atoms with E-state index in [9.17, 15) is 4.79 Å². The van der Waals surface area contributed by atoms with E-state index in [1.807, 2.05) is 0 Å². The molecule has 0 spiro atoms. The molecule has 0 aromatic carbocycles. The van der Waals surface area contributed by atoms with Crippen LogP contribution in [0, 0.1) is 0 Å². The fourth-order valence-electron chi connectivity index (χ4n) is 0.285. The summed E-state index contributed by atoms with van der Waals surface area (Å²) in [7, 11) is 3.28. The Morgan fingerprint density at radius 3 is 2.00 bits per heavy atom. The second-order valence-electron chi connectivity index (χ2n) is 2.64. The molecule has 0 rings (SSSR count). The fourth-order valence-corrected chi connectivity index (χ4v) is 0.285. The van der Waals surface area contributed by atoms with E-state index in [-0.39, 0.29) is 4.59 Å². The number of carboxylic acids is 1. The molecule has 1 atom stereocenters. The van der Waals surface area contributed by atoms with Crippen LogP contribution in [0.3, 0.4) is 0 Å². The zero-order chi connectivity index (χ0) is 7.65. The van der Waals surface area contributed by atoms with Gasteiger partial charge in [-0.3, -0.25) is 0 Å². The van der Waals surface area contributed by atoms with E-state index >= 15 is 0 Å². The maximum atomic E-state index is 10.3. The third-order valence-electron chi connectivity index (χ3n) is 1.36. The number of hydrogen-bond acceptors (Lipinski definition) is 2. The topological polar surface area (TPSA) is 63.3 Å². The van der Waals surface area contributed by atoms with Gasteiger partial charge < -0.3 is 5.11 Å². The molecular formula is C5H13N2O2+. The van der Waals surface area contributed by atoms with Crippen molar-refractivity contribution >= 4 is 5.97 Å². The second kappa shape index (κ2) is 2.33. The van der Waals surface area contributed by atoms with Crippen molar-refractivity contribution in [2.45, 2.75) is 13.0 Å². The van der Waals surface area contributed by atoms with E-state index in [2.05, 4.69) is 0 Å². The highest BCUT2D eigenvalue weighted by Crippen LogP contribution is 1.96. The van der Waals surface area contributed by atoms with Gasteiger partial charge in [0.2, 0.25) is 6.04 Å². The number of quaternary nitrogens is 1. The Morgan fingerprint density at radius 1 is 1.67 bits per heavy atom. The van der Waals surface area contributed by atoms with Crippen molar-refractivity contribution in [3.8, 4) is 0 Å². The van der Waals surface area contributed by atoms with Gasteiger partial charge in [0, 0.05) is 6.92 Å². The minimum atomic E-state index is -0.873. The average molecular weight is 133 g/mol. The average Bonchev–Trinajstić information content (AvgIpc) is 1.62. The van der Waals surface area contributed by atoms with E-state index < -0.39 is 12.0 Å². The van der Waals surface area contributed by atoms with Crippen LogP contribution in [0.2, 0.25) is 0 Å². The van der Waals surface area contributed by atoms with Crippen LogP contribution in [0.4, 0.5) is 0 Å². The summed E-state index contributed by atoms with van der Waals surface area (Å²) in [6.07, 6.45) is 0. The molecule has 0 aliphatic rings. The van der Waals surface area contributed by atoms with Gasteiger partial charge in [-0.1, -0.05) is 0 Å². The molecule has 54 valence electrons. The van der Waals surface area contributed by atoms with E-state index in [0.717, 1.165) is 0 Å². The van der Waals surface area contributed by atoms with Crippen molar-refractivity contribution in [1.29, 1.82) is 0 Å². The largest absolute Gasteiger partial charge is 0.477 e. The molecule has 0 aromatic rings. The van der Waals surface area contributed by atoms with E-state index in [1.54, 1.807) is 21.0 Å². The third-order valence-corrected chi connectivity index (χ3v) is 1.36. The zero-order valence-corrected chi connectivity index (χ0v) is 5.96. The predicted octanol–water partition coefficient (Wildman–Crippen LogP) is -0.590. The first-order chi connectivity index (χ1) is 3.85. The molecule has 0 saturated heterocycles. The normalized spacial score (nSPS) is 15.1. The SMILES string of the molecule is CC(C(=O)O)[N+](C)(C)N. The molecule has 0 bridgehead atoms. The van der Waals surface area contributed by atoms with Crippen LogP contribution in [-0.4, -0.2) is 35.8 Å². The maximum absolute atomic E-state index is 10.3. The maximum Gasteiger partial charge on any atom is 0.364 e. The first-order valence-corrected chi connectivity index (χ1v) is 2.70. The van der Waals surface area contributed by atoms with E-state index in [0.29, 0.717) is 0 Å². The Kier molecular flexibility index (Phi) is 2.17. The van der Waals surface area contributed by atoms with Gasteiger partial charge in [0.15, 0.2) is 0 Å². The first kappa shape index (κ1) is 8.39. The molecule has 0 aliphatic carbocycles. The minimum absolute atomic E-state index is 0.0324. The van der Waals surface area contributed by atoms with Crippen molar-refractivity contribution in [2.75, 3.05) is 14.1 Å². The summed E-state index contributed by atoms with van der Waals surface area (Å²) >= 11 is 0. The van der Waals surface area contributed by atoms with Crippen molar-refractivity contribution in [3.63, 3.8) is 0 Å². The Hall–Kier alpha value is -0.610. The Labute approximate surface area is 54.4 Å². The zero-order valence-electron chi connectivity index (χ0n) is 5.96. The Morgan fingerprint density at radius 2 is 2.00 bits per heavy atom. The highest BCUT2D eigenvalue weighted by molar-refractivity contribution is 5.71. The molecule has 4 heteroatoms. The number of hydrogen-bond donors (Lipinski definition) is 2. The lowest BCUT2D eigenvalue weighted by Gasteiger charge is -2.26. The van der Waals surface area contributed by atoms with Crippen LogP contribution in [0.1, 0.15) is 6.92 Å². The van der Waals surface area contributed by atoms with Gasteiger partial charge >= 0.3 is 5.97 Å². The molecule has 0 heterocycles. The summed E-state index contributed by atoms with van der Waals surface area (Å²) < 4.78 is -0.0324. The molecule has 0 aromatic heterocycles. The molecule has 0 fully saturated rings. The number of aliphatic carboxylic acids is 1. The quantitative estimate of drug-likeness (QED) is 0.300. The lowest BCUT2D eigenvalue weighted by Crippen LogP contribution is -2.56. The fraction of sp³-hybridized carbons (Fsp3) is 0.800. The van der Waals surface area contributed by atoms with E-state index in [1.165, 1.54) is 0 Å². The summed E-state index contributed by atoms with van der Waals surface area (Å²) in [4.78, 5) is 10.3. The monoisotopic (exact) mass is 133 g/mol. The second-order valence-corrected chi connectivity index (χ2v) is 2.64. The van der Waals surface area contributed by atoms with Crippen molar-refractivity contribution in [1.82, 2.24) is 0 Å². The number of nitrogens with two attached hydrogens (primary N) is 1. The number of carbonyl (C=O) groups is 1. The molecule has 0 amide bonds. The molecule has 4 nitrogen and oxygen atoms in total. The van der Waals surface area contributed by atoms with Crippen molar-refractivity contribution < 1.29 is 14.5 Å². The van der Waals surface area contributed by atoms with Crippen LogP contribution in [0.5, 0.6) is 0 Å². The van der Waals surface area contributed by atoms with Gasteiger partial charge in [-0.15, -0.1) is 0 Å². The van der Waals surface area contributed by atoms with Gasteiger partial charge in [-0.25, -0.2) is 9.39 Å². The Bertz CT molecular complexity index is 117. The van der Waals surface area contributed by atoms with Crippen LogP contribution in [0.15, 0.2) is 0 Å². The molecular weight excluding hydrogens is 120 g/mol. The summed E-state index contributed by atoms with van der Waals surface area (Å²) in [6.45, 7) is 1.57. The number of nitrogens with zero attached hydrogens (tertiary/aromatic N) is 1. The lowest BCUT2D eigenvalue weighted by atomic mass is 10.3. The van der Waals surface area contributed by atoms with Crippen molar-refractivity contribution in [3.05, 3.63) is 0 Å². The number of likely N-dealkylation sites (N-methyl/N-ethyl adjacent to an activating group) is 1. The molecule has 9 heavy (non-hydrogen) atoms. The van der Waals surface area contributed by atoms with E-state index in [4.69, 9.17) is 10.9 Å². The molecule has 0 aliphatic heterocycles. The van der Waals surface area contributed by atoms with Crippen LogP contribution >= 0.6 is 0 Å². The van der Waals surface area contributed by atoms with Crippen LogP contribution < -0.4 is 5.84 Å². The van der Waals surface area contributed by atoms with Crippen LogP contribution in [0.25, 0.3) is 0 Å². The van der Waals surface area contributed by atoms with Gasteiger partial charge in [-0.05, 0) is 0 Å². The predicted molar refractivity (Wildman–Crippen MR) is 33.4 cm³/mol. The minimum Gasteiger partial charge on any atom is -0.477 e. The highest BCUT2D eigenvalue weighted by atomic mass is 16.4. The van der Waals surface area contributed by atoms with Crippen LogP contribution in [-0.2, 0) is 4.79 Å². The smallest absolute Gasteiger partial charge is 0.364 e. The molecule has 0 radical (unpaired) electrons. The lowest BCUT2D eigenvalue weighted by molar-refractivity contribution is -0.916. The number of rotatable bonds is 2.